The lowest BCUT2D eigenvalue weighted by atomic mass is 10.3. The van der Waals surface area contributed by atoms with Crippen LogP contribution in [0.15, 0.2) is 0 Å². The van der Waals surface area contributed by atoms with Crippen LogP contribution in [0.3, 0.4) is 0 Å². The van der Waals surface area contributed by atoms with E-state index in [1.165, 1.54) is 0 Å². The molecule has 6 heteroatoms. The van der Waals surface area contributed by atoms with Crippen molar-refractivity contribution in [2.75, 3.05) is 6.79 Å². The second kappa shape index (κ2) is 3.70. The molecule has 0 aromatic carbocycles. The maximum Gasteiger partial charge on any atom is 0.519 e. The average molecular weight is 174 g/mol. The third-order valence-electron chi connectivity index (χ3n) is 1.13. The summed E-state index contributed by atoms with van der Waals surface area (Å²) in [5, 5.41) is 0. The summed E-state index contributed by atoms with van der Waals surface area (Å²) in [6.07, 6.45) is -1.42. The number of ether oxygens (including phenoxy) is 3. The fourth-order valence-corrected chi connectivity index (χ4v) is 0.593. The predicted octanol–water partition coefficient (Wildman–Crippen LogP) is -0.0393. The van der Waals surface area contributed by atoms with Gasteiger partial charge in [0.15, 0.2) is 0 Å². The third-order valence-corrected chi connectivity index (χ3v) is 1.13. The molecule has 1 rings (SSSR count). The Morgan fingerprint density at radius 3 is 2.33 bits per heavy atom. The molecule has 0 bridgehead atoms. The van der Waals surface area contributed by atoms with E-state index in [-0.39, 0.29) is 12.8 Å². The molecule has 1 aliphatic rings. The van der Waals surface area contributed by atoms with Crippen molar-refractivity contribution in [2.24, 2.45) is 0 Å². The van der Waals surface area contributed by atoms with Crippen LogP contribution in [0.5, 0.6) is 0 Å². The molecule has 0 N–H and O–H groups in total. The second-order valence-corrected chi connectivity index (χ2v) is 2.00. The summed E-state index contributed by atoms with van der Waals surface area (Å²) in [5.41, 5.74) is 0. The lowest BCUT2D eigenvalue weighted by Crippen LogP contribution is -2.12. The number of carbonyl (C=O) groups is 3. The molecule has 6 nitrogen and oxygen atoms in total. The first kappa shape index (κ1) is 8.51. The number of cyclic esters (lactones) is 4. The van der Waals surface area contributed by atoms with Gasteiger partial charge < -0.3 is 14.2 Å². The van der Waals surface area contributed by atoms with Crippen molar-refractivity contribution >= 4 is 18.1 Å². The van der Waals surface area contributed by atoms with Crippen molar-refractivity contribution in [3.63, 3.8) is 0 Å². The van der Waals surface area contributed by atoms with E-state index in [2.05, 4.69) is 14.2 Å². The minimum absolute atomic E-state index is 0.102. The van der Waals surface area contributed by atoms with E-state index in [1.54, 1.807) is 0 Å². The van der Waals surface area contributed by atoms with Crippen LogP contribution < -0.4 is 0 Å². The molecular formula is C6H6O6. The van der Waals surface area contributed by atoms with Gasteiger partial charge in [0.1, 0.15) is 0 Å². The zero-order valence-electron chi connectivity index (χ0n) is 6.07. The monoisotopic (exact) mass is 174 g/mol. The van der Waals surface area contributed by atoms with Crippen LogP contribution in [0.4, 0.5) is 4.79 Å². The zero-order chi connectivity index (χ0) is 8.97. The summed E-state index contributed by atoms with van der Waals surface area (Å²) in [7, 11) is 0. The van der Waals surface area contributed by atoms with Gasteiger partial charge in [-0.05, 0) is 0 Å². The molecule has 0 unspecified atom stereocenters. The SMILES string of the molecule is O=C1CCC(=O)OC(=O)OCO1. The van der Waals surface area contributed by atoms with Crippen molar-refractivity contribution < 1.29 is 28.6 Å². The second-order valence-electron chi connectivity index (χ2n) is 2.00. The topological polar surface area (TPSA) is 78.9 Å². The highest BCUT2D eigenvalue weighted by molar-refractivity contribution is 5.85. The van der Waals surface area contributed by atoms with E-state index in [9.17, 15) is 14.4 Å². The Morgan fingerprint density at radius 1 is 0.917 bits per heavy atom. The summed E-state index contributed by atoms with van der Waals surface area (Å²) in [5.74, 6) is -1.39. The highest BCUT2D eigenvalue weighted by Crippen LogP contribution is 2.00. The quantitative estimate of drug-likeness (QED) is 0.378. The summed E-state index contributed by atoms with van der Waals surface area (Å²) in [6.45, 7) is -0.509. The predicted molar refractivity (Wildman–Crippen MR) is 32.8 cm³/mol. The molecule has 0 aliphatic carbocycles. The average Bonchev–Trinajstić information content (AvgIpc) is 2.05. The largest absolute Gasteiger partial charge is 0.519 e. The van der Waals surface area contributed by atoms with Gasteiger partial charge in [0.05, 0.1) is 12.8 Å². The molecule has 0 spiro atoms. The summed E-state index contributed by atoms with van der Waals surface area (Å²) in [6, 6.07) is 0. The fraction of sp³-hybridized carbons (Fsp3) is 0.500. The Balaban J connectivity index is 2.52. The van der Waals surface area contributed by atoms with Crippen LogP contribution in [-0.2, 0) is 23.8 Å². The first-order valence-electron chi connectivity index (χ1n) is 3.21. The van der Waals surface area contributed by atoms with Gasteiger partial charge in [0.2, 0.25) is 6.79 Å². The van der Waals surface area contributed by atoms with E-state index < -0.39 is 24.9 Å². The first-order valence-corrected chi connectivity index (χ1v) is 3.21. The number of hydrogen-bond acceptors (Lipinski definition) is 6. The van der Waals surface area contributed by atoms with Gasteiger partial charge >= 0.3 is 18.1 Å². The molecular weight excluding hydrogens is 168 g/mol. The number of hydrogen-bond donors (Lipinski definition) is 0. The highest BCUT2D eigenvalue weighted by atomic mass is 16.8. The van der Waals surface area contributed by atoms with E-state index >= 15 is 0 Å². The molecule has 0 aromatic rings. The molecule has 1 fully saturated rings. The Hall–Kier alpha value is -1.59. The standard InChI is InChI=1S/C6H6O6/c7-4-1-2-5(8)12-6(9)11-3-10-4/h1-3H2. The van der Waals surface area contributed by atoms with Crippen LogP contribution in [0.25, 0.3) is 0 Å². The van der Waals surface area contributed by atoms with Crippen LogP contribution >= 0.6 is 0 Å². The Kier molecular flexibility index (Phi) is 2.62. The number of esters is 2. The smallest absolute Gasteiger partial charge is 0.428 e. The van der Waals surface area contributed by atoms with Gasteiger partial charge in [0, 0.05) is 0 Å². The van der Waals surface area contributed by atoms with Gasteiger partial charge in [-0.3, -0.25) is 9.59 Å². The molecule has 0 saturated carbocycles. The van der Waals surface area contributed by atoms with Crippen molar-refractivity contribution in [3.05, 3.63) is 0 Å². The maximum atomic E-state index is 10.6. The van der Waals surface area contributed by atoms with Crippen molar-refractivity contribution in [1.29, 1.82) is 0 Å². The number of rotatable bonds is 0. The highest BCUT2D eigenvalue weighted by Gasteiger charge is 2.17. The van der Waals surface area contributed by atoms with Crippen molar-refractivity contribution in [3.8, 4) is 0 Å². The maximum absolute atomic E-state index is 10.6. The molecule has 1 saturated heterocycles. The summed E-state index contributed by atoms with van der Waals surface area (Å²) < 4.78 is 12.6. The lowest BCUT2D eigenvalue weighted by Gasteiger charge is -2.00. The first-order chi connectivity index (χ1) is 5.68. The van der Waals surface area contributed by atoms with E-state index in [1.807, 2.05) is 0 Å². The molecule has 1 aliphatic heterocycles. The molecule has 0 radical (unpaired) electrons. The molecule has 0 amide bonds. The van der Waals surface area contributed by atoms with E-state index in [0.29, 0.717) is 0 Å². The molecule has 0 atom stereocenters. The van der Waals surface area contributed by atoms with Crippen LogP contribution in [-0.4, -0.2) is 24.9 Å². The minimum Gasteiger partial charge on any atom is -0.428 e. The minimum atomic E-state index is -1.14. The van der Waals surface area contributed by atoms with Crippen molar-refractivity contribution in [1.82, 2.24) is 0 Å². The van der Waals surface area contributed by atoms with Crippen molar-refractivity contribution in [2.45, 2.75) is 12.8 Å². The zero-order valence-corrected chi connectivity index (χ0v) is 6.07. The van der Waals surface area contributed by atoms with E-state index in [0.717, 1.165) is 0 Å². The van der Waals surface area contributed by atoms with E-state index in [4.69, 9.17) is 0 Å². The Bertz CT molecular complexity index is 220. The molecule has 66 valence electrons. The van der Waals surface area contributed by atoms with Gasteiger partial charge in [-0.1, -0.05) is 0 Å². The van der Waals surface area contributed by atoms with Gasteiger partial charge in [-0.15, -0.1) is 0 Å². The fourth-order valence-electron chi connectivity index (χ4n) is 0.593. The molecule has 1 heterocycles. The Labute approximate surface area is 67.4 Å². The Morgan fingerprint density at radius 2 is 1.58 bits per heavy atom. The van der Waals surface area contributed by atoms with Gasteiger partial charge in [-0.2, -0.15) is 0 Å². The van der Waals surface area contributed by atoms with Crippen LogP contribution in [0.2, 0.25) is 0 Å². The summed E-state index contributed by atoms with van der Waals surface area (Å²) >= 11 is 0. The van der Waals surface area contributed by atoms with Gasteiger partial charge in [-0.25, -0.2) is 4.79 Å². The molecule has 0 aromatic heterocycles. The van der Waals surface area contributed by atoms with Crippen LogP contribution in [0.1, 0.15) is 12.8 Å². The normalized spacial score (nSPS) is 19.5. The lowest BCUT2D eigenvalue weighted by molar-refractivity contribution is -0.151. The molecule has 12 heavy (non-hydrogen) atoms. The van der Waals surface area contributed by atoms with Gasteiger partial charge in [0.25, 0.3) is 0 Å². The summed E-state index contributed by atoms with van der Waals surface area (Å²) in [4.78, 5) is 31.7. The third kappa shape index (κ3) is 2.57. The van der Waals surface area contributed by atoms with Crippen LogP contribution in [0, 0.1) is 0 Å². The number of carbonyl (C=O) groups excluding carboxylic acids is 3.